The fourth-order valence-electron chi connectivity index (χ4n) is 2.72. The molecule has 13 heavy (non-hydrogen) atoms. The lowest BCUT2D eigenvalue weighted by Crippen LogP contribution is -2.35. The second-order valence-corrected chi connectivity index (χ2v) is 4.36. The van der Waals surface area contributed by atoms with Gasteiger partial charge in [-0.3, -0.25) is 4.79 Å². The number of hydrogen-bond donors (Lipinski definition) is 0. The van der Waals surface area contributed by atoms with E-state index in [0.29, 0.717) is 17.9 Å². The largest absolute Gasteiger partial charge is 0.339 e. The Morgan fingerprint density at radius 1 is 1.31 bits per heavy atom. The molecule has 0 aromatic rings. The fraction of sp³-hybridized carbons (Fsp3) is 0.909. The summed E-state index contributed by atoms with van der Waals surface area (Å²) in [5.74, 6) is 0.787. The second kappa shape index (κ2) is 3.69. The molecule has 0 radical (unpaired) electrons. The first-order valence-corrected chi connectivity index (χ1v) is 5.63. The molecule has 0 bridgehead atoms. The minimum absolute atomic E-state index is 0.348. The molecule has 0 N–H and O–H groups in total. The average molecular weight is 181 g/mol. The zero-order valence-corrected chi connectivity index (χ0v) is 8.46. The molecule has 1 amide bonds. The third-order valence-corrected chi connectivity index (χ3v) is 3.61. The van der Waals surface area contributed by atoms with E-state index in [1.807, 2.05) is 0 Å². The van der Waals surface area contributed by atoms with Crippen molar-refractivity contribution in [1.82, 2.24) is 4.90 Å². The molecule has 2 nitrogen and oxygen atoms in total. The summed E-state index contributed by atoms with van der Waals surface area (Å²) in [6.07, 6.45) is 7.29. The molecule has 2 aliphatic rings. The molecule has 1 heterocycles. The van der Waals surface area contributed by atoms with Crippen molar-refractivity contribution < 1.29 is 4.79 Å². The molecule has 0 aromatic heterocycles. The molecule has 1 aliphatic carbocycles. The highest BCUT2D eigenvalue weighted by molar-refractivity contribution is 5.81. The van der Waals surface area contributed by atoms with Crippen LogP contribution in [-0.2, 0) is 4.79 Å². The van der Waals surface area contributed by atoms with Gasteiger partial charge in [0.1, 0.15) is 0 Å². The van der Waals surface area contributed by atoms with Crippen LogP contribution in [0.15, 0.2) is 0 Å². The molecular formula is C11H19NO. The molecule has 2 rings (SSSR count). The minimum atomic E-state index is 0.348. The third kappa shape index (κ3) is 1.59. The van der Waals surface area contributed by atoms with Crippen LogP contribution in [0.3, 0.4) is 0 Å². The quantitative estimate of drug-likeness (QED) is 0.639. The molecule has 1 unspecified atom stereocenters. The van der Waals surface area contributed by atoms with Crippen LogP contribution >= 0.6 is 0 Å². The van der Waals surface area contributed by atoms with E-state index in [1.165, 1.54) is 25.7 Å². The van der Waals surface area contributed by atoms with Gasteiger partial charge in [0, 0.05) is 18.5 Å². The monoisotopic (exact) mass is 181 g/mol. The van der Waals surface area contributed by atoms with Crippen LogP contribution < -0.4 is 0 Å². The first kappa shape index (κ1) is 9.04. The molecule has 2 heteroatoms. The maximum absolute atomic E-state index is 11.8. The van der Waals surface area contributed by atoms with E-state index in [9.17, 15) is 4.79 Å². The maximum atomic E-state index is 11.8. The topological polar surface area (TPSA) is 20.3 Å². The summed E-state index contributed by atoms with van der Waals surface area (Å²) >= 11 is 0. The van der Waals surface area contributed by atoms with Crippen LogP contribution in [0.4, 0.5) is 0 Å². The van der Waals surface area contributed by atoms with Gasteiger partial charge in [-0.1, -0.05) is 19.8 Å². The van der Waals surface area contributed by atoms with Crippen molar-refractivity contribution >= 4 is 5.91 Å². The Morgan fingerprint density at radius 2 is 2.00 bits per heavy atom. The summed E-state index contributed by atoms with van der Waals surface area (Å²) in [7, 11) is 0. The van der Waals surface area contributed by atoms with Crippen molar-refractivity contribution in [2.75, 3.05) is 6.54 Å². The Bertz CT molecular complexity index is 196. The number of carbonyl (C=O) groups is 1. The average Bonchev–Trinajstić information content (AvgIpc) is 2.72. The standard InChI is InChI=1S/C11H19NO/c1-2-9-7-8-12(11(9)13)10-5-3-4-6-10/h9-10H,2-8H2,1H3. The van der Waals surface area contributed by atoms with Crippen molar-refractivity contribution in [3.8, 4) is 0 Å². The highest BCUT2D eigenvalue weighted by Crippen LogP contribution is 2.30. The van der Waals surface area contributed by atoms with E-state index < -0.39 is 0 Å². The molecule has 74 valence electrons. The van der Waals surface area contributed by atoms with Crippen molar-refractivity contribution in [2.24, 2.45) is 5.92 Å². The number of likely N-dealkylation sites (tertiary alicyclic amines) is 1. The van der Waals surface area contributed by atoms with Crippen molar-refractivity contribution in [2.45, 2.75) is 51.5 Å². The van der Waals surface area contributed by atoms with E-state index in [4.69, 9.17) is 0 Å². The number of carbonyl (C=O) groups excluding carboxylic acids is 1. The number of hydrogen-bond acceptors (Lipinski definition) is 1. The van der Waals surface area contributed by atoms with E-state index in [0.717, 1.165) is 19.4 Å². The van der Waals surface area contributed by atoms with Crippen LogP contribution in [-0.4, -0.2) is 23.4 Å². The summed E-state index contributed by atoms with van der Waals surface area (Å²) in [6, 6.07) is 0.601. The Morgan fingerprint density at radius 3 is 2.54 bits per heavy atom. The van der Waals surface area contributed by atoms with Gasteiger partial charge >= 0.3 is 0 Å². The lowest BCUT2D eigenvalue weighted by Gasteiger charge is -2.23. The van der Waals surface area contributed by atoms with Gasteiger partial charge < -0.3 is 4.90 Å². The first-order chi connectivity index (χ1) is 6.33. The van der Waals surface area contributed by atoms with Crippen LogP contribution in [0.2, 0.25) is 0 Å². The number of amides is 1. The molecule has 1 saturated heterocycles. The van der Waals surface area contributed by atoms with Gasteiger partial charge in [-0.2, -0.15) is 0 Å². The van der Waals surface area contributed by atoms with E-state index >= 15 is 0 Å². The van der Waals surface area contributed by atoms with Gasteiger partial charge in [-0.05, 0) is 25.7 Å². The second-order valence-electron chi connectivity index (χ2n) is 4.36. The molecule has 1 aliphatic heterocycles. The van der Waals surface area contributed by atoms with Gasteiger partial charge in [0.15, 0.2) is 0 Å². The van der Waals surface area contributed by atoms with Gasteiger partial charge in [-0.25, -0.2) is 0 Å². The maximum Gasteiger partial charge on any atom is 0.225 e. The SMILES string of the molecule is CCC1CCN(C2CCCC2)C1=O. The lowest BCUT2D eigenvalue weighted by atomic mass is 10.1. The fourth-order valence-corrected chi connectivity index (χ4v) is 2.72. The summed E-state index contributed by atoms with van der Waals surface area (Å²) in [4.78, 5) is 14.0. The summed E-state index contributed by atoms with van der Waals surface area (Å²) < 4.78 is 0. The van der Waals surface area contributed by atoms with Crippen molar-refractivity contribution in [3.63, 3.8) is 0 Å². The van der Waals surface area contributed by atoms with Crippen molar-refractivity contribution in [3.05, 3.63) is 0 Å². The molecule has 1 atom stereocenters. The Kier molecular flexibility index (Phi) is 2.56. The van der Waals surface area contributed by atoms with Gasteiger partial charge in [-0.15, -0.1) is 0 Å². The molecular weight excluding hydrogens is 162 g/mol. The van der Waals surface area contributed by atoms with E-state index in [-0.39, 0.29) is 0 Å². The third-order valence-electron chi connectivity index (χ3n) is 3.61. The zero-order valence-electron chi connectivity index (χ0n) is 8.46. The number of nitrogens with zero attached hydrogens (tertiary/aromatic N) is 1. The van der Waals surface area contributed by atoms with Crippen LogP contribution in [0, 0.1) is 5.92 Å². The smallest absolute Gasteiger partial charge is 0.225 e. The summed E-state index contributed by atoms with van der Waals surface area (Å²) in [6.45, 7) is 3.16. The molecule has 0 spiro atoms. The molecule has 2 fully saturated rings. The van der Waals surface area contributed by atoms with Crippen molar-refractivity contribution in [1.29, 1.82) is 0 Å². The molecule has 0 aromatic carbocycles. The first-order valence-electron chi connectivity index (χ1n) is 5.63. The lowest BCUT2D eigenvalue weighted by molar-refractivity contribution is -0.132. The Labute approximate surface area is 80.3 Å². The van der Waals surface area contributed by atoms with E-state index in [1.54, 1.807) is 0 Å². The predicted molar refractivity (Wildman–Crippen MR) is 52.4 cm³/mol. The van der Waals surface area contributed by atoms with Crippen LogP contribution in [0.5, 0.6) is 0 Å². The van der Waals surface area contributed by atoms with E-state index in [2.05, 4.69) is 11.8 Å². The van der Waals surface area contributed by atoms with Gasteiger partial charge in [0.25, 0.3) is 0 Å². The van der Waals surface area contributed by atoms with Crippen LogP contribution in [0.25, 0.3) is 0 Å². The predicted octanol–water partition coefficient (Wildman–Crippen LogP) is 2.19. The Balaban J connectivity index is 1.97. The van der Waals surface area contributed by atoms with Gasteiger partial charge in [0.2, 0.25) is 5.91 Å². The highest BCUT2D eigenvalue weighted by atomic mass is 16.2. The zero-order chi connectivity index (χ0) is 9.26. The minimum Gasteiger partial charge on any atom is -0.339 e. The molecule has 1 saturated carbocycles. The summed E-state index contributed by atoms with van der Waals surface area (Å²) in [5, 5.41) is 0. The Hall–Kier alpha value is -0.530. The highest BCUT2D eigenvalue weighted by Gasteiger charge is 2.35. The normalized spacial score (nSPS) is 30.4. The van der Waals surface area contributed by atoms with Crippen LogP contribution in [0.1, 0.15) is 45.4 Å². The number of rotatable bonds is 2. The summed E-state index contributed by atoms with van der Waals surface area (Å²) in [5.41, 5.74) is 0. The van der Waals surface area contributed by atoms with Gasteiger partial charge in [0.05, 0.1) is 0 Å².